The van der Waals surface area contributed by atoms with Crippen molar-refractivity contribution >= 4 is 28.8 Å². The topological polar surface area (TPSA) is 102 Å². The van der Waals surface area contributed by atoms with E-state index >= 15 is 0 Å². The molecule has 0 saturated carbocycles. The molecule has 1 aromatic heterocycles. The molecule has 0 aliphatic carbocycles. The highest BCUT2D eigenvalue weighted by Gasteiger charge is 2.41. The fourth-order valence-electron chi connectivity index (χ4n) is 4.17. The van der Waals surface area contributed by atoms with Crippen LogP contribution in [0.5, 0.6) is 11.5 Å². The summed E-state index contributed by atoms with van der Waals surface area (Å²) in [5.74, 6) is 0.479. The Morgan fingerprint density at radius 1 is 1.11 bits per heavy atom. The summed E-state index contributed by atoms with van der Waals surface area (Å²) in [5.41, 5.74) is 3.36. The molecule has 2 aromatic rings. The van der Waals surface area contributed by atoms with Gasteiger partial charge < -0.3 is 24.4 Å². The van der Waals surface area contributed by atoms with Gasteiger partial charge in [0.15, 0.2) is 16.7 Å². The standard InChI is InChI=1S/C26H28N4O5S/c1-5-19-23(25(32)35-4)24(16-9-10-20(33-2)21(12-16)34-3)30-18(15-36-26(30)29-19)13-22(31)28-14-17-8-6-7-11-27-17/h6-12,15,24H,5,13-14H2,1-4H3,(H,28,31)/t24-/m0/s1. The Morgan fingerprint density at radius 3 is 2.58 bits per heavy atom. The van der Waals surface area contributed by atoms with Gasteiger partial charge in [-0.1, -0.05) is 30.8 Å². The molecule has 1 aromatic carbocycles. The number of hydrogen-bond acceptors (Lipinski definition) is 9. The molecule has 2 aliphatic rings. The number of ether oxygens (including phenoxy) is 3. The number of carbonyl (C=O) groups is 2. The molecule has 2 aliphatic heterocycles. The highest BCUT2D eigenvalue weighted by molar-refractivity contribution is 8.16. The predicted molar refractivity (Wildman–Crippen MR) is 137 cm³/mol. The Morgan fingerprint density at radius 2 is 1.92 bits per heavy atom. The second kappa shape index (κ2) is 11.3. The lowest BCUT2D eigenvalue weighted by Gasteiger charge is -2.36. The summed E-state index contributed by atoms with van der Waals surface area (Å²) in [6, 6.07) is 10.5. The molecule has 1 amide bonds. The number of allylic oxidation sites excluding steroid dienone is 1. The van der Waals surface area contributed by atoms with E-state index in [0.717, 1.165) is 17.0 Å². The Balaban J connectivity index is 1.68. The van der Waals surface area contributed by atoms with Gasteiger partial charge in [-0.25, -0.2) is 9.79 Å². The number of aromatic nitrogens is 1. The average Bonchev–Trinajstić information content (AvgIpc) is 3.32. The normalized spacial score (nSPS) is 16.7. The first kappa shape index (κ1) is 25.3. The molecule has 1 atom stereocenters. The van der Waals surface area contributed by atoms with Crippen LogP contribution in [0.2, 0.25) is 0 Å². The van der Waals surface area contributed by atoms with Crippen LogP contribution in [0.3, 0.4) is 0 Å². The van der Waals surface area contributed by atoms with Crippen molar-refractivity contribution in [1.82, 2.24) is 15.2 Å². The van der Waals surface area contributed by atoms with Crippen molar-refractivity contribution in [2.24, 2.45) is 4.99 Å². The Hall–Kier alpha value is -3.79. The van der Waals surface area contributed by atoms with Gasteiger partial charge >= 0.3 is 5.97 Å². The Labute approximate surface area is 214 Å². The maximum Gasteiger partial charge on any atom is 0.338 e. The first-order valence-electron chi connectivity index (χ1n) is 11.4. The number of fused-ring (bicyclic) bond motifs is 1. The number of pyridine rings is 1. The van der Waals surface area contributed by atoms with Gasteiger partial charge in [-0.3, -0.25) is 9.78 Å². The number of methoxy groups -OCH3 is 3. The minimum absolute atomic E-state index is 0.110. The van der Waals surface area contributed by atoms with Crippen molar-refractivity contribution in [2.45, 2.75) is 32.4 Å². The van der Waals surface area contributed by atoms with E-state index in [9.17, 15) is 9.59 Å². The number of aliphatic imine (C=N–C) groups is 1. The summed E-state index contributed by atoms with van der Waals surface area (Å²) >= 11 is 1.43. The van der Waals surface area contributed by atoms with Gasteiger partial charge in [-0.15, -0.1) is 0 Å². The summed E-state index contributed by atoms with van der Waals surface area (Å²) in [6.45, 7) is 2.27. The second-order valence-electron chi connectivity index (χ2n) is 7.99. The SMILES string of the molecule is CCC1=C(C(=O)OC)[C@H](c2ccc(OC)c(OC)c2)N2C(CC(=O)NCc3ccccn3)=CSC2=N1. The first-order chi connectivity index (χ1) is 17.5. The molecule has 3 heterocycles. The second-order valence-corrected chi connectivity index (χ2v) is 8.83. The molecular weight excluding hydrogens is 480 g/mol. The molecule has 0 saturated heterocycles. The smallest absolute Gasteiger partial charge is 0.338 e. The van der Waals surface area contributed by atoms with Crippen molar-refractivity contribution in [3.05, 3.63) is 76.2 Å². The van der Waals surface area contributed by atoms with E-state index in [1.54, 1.807) is 26.5 Å². The average molecular weight is 509 g/mol. The fraction of sp³-hybridized carbons (Fsp3) is 0.308. The van der Waals surface area contributed by atoms with Crippen LogP contribution in [-0.2, 0) is 20.9 Å². The quantitative estimate of drug-likeness (QED) is 0.508. The lowest BCUT2D eigenvalue weighted by atomic mass is 9.92. The van der Waals surface area contributed by atoms with E-state index in [1.807, 2.05) is 47.6 Å². The van der Waals surface area contributed by atoms with Crippen LogP contribution in [0.4, 0.5) is 0 Å². The van der Waals surface area contributed by atoms with Crippen LogP contribution in [0.1, 0.15) is 37.1 Å². The van der Waals surface area contributed by atoms with Crippen LogP contribution >= 0.6 is 11.8 Å². The van der Waals surface area contributed by atoms with E-state index in [4.69, 9.17) is 19.2 Å². The van der Waals surface area contributed by atoms with Crippen LogP contribution < -0.4 is 14.8 Å². The summed E-state index contributed by atoms with van der Waals surface area (Å²) in [6.07, 6.45) is 2.35. The Kier molecular flexibility index (Phi) is 7.94. The molecular formula is C26H28N4O5S. The van der Waals surface area contributed by atoms with Gasteiger partial charge in [-0.2, -0.15) is 0 Å². The molecule has 10 heteroatoms. The number of nitrogens with zero attached hydrogens (tertiary/aromatic N) is 3. The molecule has 0 radical (unpaired) electrons. The van der Waals surface area contributed by atoms with E-state index in [-0.39, 0.29) is 12.3 Å². The fourth-order valence-corrected chi connectivity index (χ4v) is 5.11. The summed E-state index contributed by atoms with van der Waals surface area (Å²) < 4.78 is 16.1. The number of carbonyl (C=O) groups excluding carboxylic acids is 2. The lowest BCUT2D eigenvalue weighted by molar-refractivity contribution is -0.136. The highest BCUT2D eigenvalue weighted by Crippen LogP contribution is 2.46. The molecule has 4 rings (SSSR count). The summed E-state index contributed by atoms with van der Waals surface area (Å²) in [4.78, 5) is 36.8. The van der Waals surface area contributed by atoms with Crippen LogP contribution in [-0.4, -0.2) is 48.3 Å². The monoisotopic (exact) mass is 508 g/mol. The lowest BCUT2D eigenvalue weighted by Crippen LogP contribution is -2.38. The van der Waals surface area contributed by atoms with Crippen molar-refractivity contribution in [1.29, 1.82) is 0 Å². The minimum atomic E-state index is -0.551. The van der Waals surface area contributed by atoms with Gasteiger partial charge in [-0.05, 0) is 41.7 Å². The van der Waals surface area contributed by atoms with Crippen LogP contribution in [0, 0.1) is 0 Å². The number of amides is 1. The highest BCUT2D eigenvalue weighted by atomic mass is 32.2. The zero-order valence-corrected chi connectivity index (χ0v) is 21.4. The first-order valence-corrected chi connectivity index (χ1v) is 12.3. The third kappa shape index (κ3) is 5.08. The number of benzene rings is 1. The molecule has 0 spiro atoms. The predicted octanol–water partition coefficient (Wildman–Crippen LogP) is 3.94. The van der Waals surface area contributed by atoms with Crippen LogP contribution in [0.25, 0.3) is 0 Å². The molecule has 188 valence electrons. The van der Waals surface area contributed by atoms with Gasteiger partial charge in [0.2, 0.25) is 5.91 Å². The summed E-state index contributed by atoms with van der Waals surface area (Å²) in [5, 5.41) is 5.52. The third-order valence-corrected chi connectivity index (χ3v) is 6.78. The molecule has 1 N–H and O–H groups in total. The molecule has 0 fully saturated rings. The number of rotatable bonds is 9. The zero-order chi connectivity index (χ0) is 25.7. The zero-order valence-electron chi connectivity index (χ0n) is 20.6. The molecule has 0 unspecified atom stereocenters. The number of esters is 1. The van der Waals surface area contributed by atoms with E-state index in [1.165, 1.54) is 18.9 Å². The maximum absolute atomic E-state index is 13.0. The largest absolute Gasteiger partial charge is 0.493 e. The number of thioether (sulfide) groups is 1. The van der Waals surface area contributed by atoms with Crippen molar-refractivity contribution in [3.63, 3.8) is 0 Å². The summed E-state index contributed by atoms with van der Waals surface area (Å²) in [7, 11) is 4.49. The number of hydrogen-bond donors (Lipinski definition) is 1. The van der Waals surface area contributed by atoms with Crippen molar-refractivity contribution in [3.8, 4) is 11.5 Å². The van der Waals surface area contributed by atoms with Gasteiger partial charge in [0.05, 0.1) is 57.3 Å². The van der Waals surface area contributed by atoms with Gasteiger partial charge in [0.25, 0.3) is 0 Å². The van der Waals surface area contributed by atoms with Crippen molar-refractivity contribution in [2.75, 3.05) is 21.3 Å². The third-order valence-electron chi connectivity index (χ3n) is 5.89. The van der Waals surface area contributed by atoms with Crippen LogP contribution in [0.15, 0.2) is 70.0 Å². The number of amidine groups is 1. The molecule has 9 nitrogen and oxygen atoms in total. The minimum Gasteiger partial charge on any atom is -0.493 e. The number of nitrogens with one attached hydrogen (secondary N) is 1. The Bertz CT molecular complexity index is 1240. The maximum atomic E-state index is 13.0. The van der Waals surface area contributed by atoms with Crippen molar-refractivity contribution < 1.29 is 23.8 Å². The van der Waals surface area contributed by atoms with E-state index in [2.05, 4.69) is 10.3 Å². The van der Waals surface area contributed by atoms with E-state index < -0.39 is 12.0 Å². The van der Waals surface area contributed by atoms with Gasteiger partial charge in [0, 0.05) is 11.9 Å². The van der Waals surface area contributed by atoms with E-state index in [0.29, 0.717) is 40.9 Å². The molecule has 36 heavy (non-hydrogen) atoms. The van der Waals surface area contributed by atoms with Gasteiger partial charge in [0.1, 0.15) is 0 Å². The molecule has 0 bridgehead atoms.